The van der Waals surface area contributed by atoms with Crippen LogP contribution in [-0.2, 0) is 16.6 Å². The molecule has 3 rings (SSSR count). The predicted octanol–water partition coefficient (Wildman–Crippen LogP) is 4.59. The molecule has 0 aliphatic rings. The van der Waals surface area contributed by atoms with Crippen molar-refractivity contribution in [2.45, 2.75) is 37.8 Å². The van der Waals surface area contributed by atoms with Gasteiger partial charge in [0.1, 0.15) is 12.4 Å². The molecule has 0 bridgehead atoms. The van der Waals surface area contributed by atoms with Crippen LogP contribution < -0.4 is 14.8 Å². The summed E-state index contributed by atoms with van der Waals surface area (Å²) in [4.78, 5) is 13.0. The van der Waals surface area contributed by atoms with E-state index in [2.05, 4.69) is 10.0 Å². The topological polar surface area (TPSA) is 84.5 Å². The van der Waals surface area contributed by atoms with Gasteiger partial charge in [0, 0.05) is 22.4 Å². The van der Waals surface area contributed by atoms with Crippen LogP contribution in [0.5, 0.6) is 5.75 Å². The fourth-order valence-electron chi connectivity index (χ4n) is 2.95. The van der Waals surface area contributed by atoms with Gasteiger partial charge in [0.05, 0.1) is 4.90 Å². The fourth-order valence-corrected chi connectivity index (χ4v) is 4.41. The van der Waals surface area contributed by atoms with E-state index in [1.54, 1.807) is 45.0 Å². The van der Waals surface area contributed by atoms with Crippen molar-refractivity contribution in [1.82, 2.24) is 4.72 Å². The highest BCUT2D eigenvalue weighted by Crippen LogP contribution is 2.20. The maximum Gasteiger partial charge on any atom is 0.256 e. The summed E-state index contributed by atoms with van der Waals surface area (Å²) in [6, 6.07) is 22.7. The first-order valence-electron chi connectivity index (χ1n) is 9.85. The largest absolute Gasteiger partial charge is 0.489 e. The Labute approximate surface area is 183 Å². The Morgan fingerprint density at radius 3 is 2.29 bits per heavy atom. The van der Waals surface area contributed by atoms with Crippen molar-refractivity contribution in [3.8, 4) is 5.75 Å². The van der Waals surface area contributed by atoms with Gasteiger partial charge in [0.15, 0.2) is 0 Å². The third-order valence-electron chi connectivity index (χ3n) is 4.24. The Hall–Kier alpha value is -3.16. The molecular formula is C24H26N2O4S. The summed E-state index contributed by atoms with van der Waals surface area (Å²) in [5, 5.41) is 2.79. The van der Waals surface area contributed by atoms with Gasteiger partial charge in [-0.3, -0.25) is 4.79 Å². The normalized spacial score (nSPS) is 11.7. The zero-order chi connectivity index (χ0) is 22.5. The second-order valence-electron chi connectivity index (χ2n) is 8.10. The maximum atomic E-state index is 12.9. The summed E-state index contributed by atoms with van der Waals surface area (Å²) in [6.07, 6.45) is 0. The van der Waals surface area contributed by atoms with Crippen LogP contribution in [0.2, 0.25) is 0 Å². The molecule has 7 heteroatoms. The van der Waals surface area contributed by atoms with E-state index >= 15 is 0 Å². The molecule has 162 valence electrons. The Bertz CT molecular complexity index is 1150. The minimum absolute atomic E-state index is 0.0842. The average molecular weight is 439 g/mol. The summed E-state index contributed by atoms with van der Waals surface area (Å²) in [5.41, 5.74) is 0.956. The standard InChI is InChI=1S/C24H26N2O4S/c1-24(2,3)26-31(28,29)21-14-9-11-19(16-21)25-23(27)22-15-8-7-10-18(22)17-30-20-12-5-4-6-13-20/h4-16,26H,17H2,1-3H3,(H,25,27). The molecule has 2 N–H and O–H groups in total. The van der Waals surface area contributed by atoms with E-state index in [4.69, 9.17) is 4.74 Å². The van der Waals surface area contributed by atoms with Gasteiger partial charge in [-0.1, -0.05) is 42.5 Å². The van der Waals surface area contributed by atoms with Crippen molar-refractivity contribution in [2.75, 3.05) is 5.32 Å². The zero-order valence-corrected chi connectivity index (χ0v) is 18.6. The van der Waals surface area contributed by atoms with Gasteiger partial charge in [0.2, 0.25) is 10.0 Å². The monoisotopic (exact) mass is 438 g/mol. The van der Waals surface area contributed by atoms with Crippen molar-refractivity contribution >= 4 is 21.6 Å². The average Bonchev–Trinajstić information content (AvgIpc) is 2.72. The van der Waals surface area contributed by atoms with Crippen LogP contribution in [0.1, 0.15) is 36.7 Å². The molecule has 6 nitrogen and oxygen atoms in total. The lowest BCUT2D eigenvalue weighted by Gasteiger charge is -2.20. The summed E-state index contributed by atoms with van der Waals surface area (Å²) < 4.78 is 33.6. The lowest BCUT2D eigenvalue weighted by Crippen LogP contribution is -2.40. The first kappa shape index (κ1) is 22.5. The van der Waals surface area contributed by atoms with E-state index < -0.39 is 15.6 Å². The molecule has 0 aliphatic heterocycles. The number of sulfonamides is 1. The molecule has 0 spiro atoms. The van der Waals surface area contributed by atoms with Gasteiger partial charge < -0.3 is 10.1 Å². The van der Waals surface area contributed by atoms with Crippen molar-refractivity contribution in [3.05, 3.63) is 90.0 Å². The number of hydrogen-bond acceptors (Lipinski definition) is 4. The molecular weight excluding hydrogens is 412 g/mol. The predicted molar refractivity (Wildman–Crippen MR) is 122 cm³/mol. The highest BCUT2D eigenvalue weighted by Gasteiger charge is 2.22. The highest BCUT2D eigenvalue weighted by molar-refractivity contribution is 7.89. The molecule has 3 aromatic rings. The third-order valence-corrected chi connectivity index (χ3v) is 6.00. The molecule has 0 fully saturated rings. The van der Waals surface area contributed by atoms with E-state index in [-0.39, 0.29) is 17.4 Å². The quantitative estimate of drug-likeness (QED) is 0.565. The van der Waals surface area contributed by atoms with Crippen LogP contribution in [0.3, 0.4) is 0 Å². The van der Waals surface area contributed by atoms with Gasteiger partial charge in [-0.2, -0.15) is 0 Å². The van der Waals surface area contributed by atoms with E-state index in [9.17, 15) is 13.2 Å². The number of rotatable bonds is 7. The zero-order valence-electron chi connectivity index (χ0n) is 17.8. The van der Waals surface area contributed by atoms with Crippen molar-refractivity contribution in [3.63, 3.8) is 0 Å². The molecule has 0 saturated carbocycles. The number of ether oxygens (including phenoxy) is 1. The number of anilines is 1. The molecule has 31 heavy (non-hydrogen) atoms. The highest BCUT2D eigenvalue weighted by atomic mass is 32.2. The third kappa shape index (κ3) is 6.41. The summed E-state index contributed by atoms with van der Waals surface area (Å²) >= 11 is 0. The van der Waals surface area contributed by atoms with Gasteiger partial charge in [0.25, 0.3) is 5.91 Å². The first-order chi connectivity index (χ1) is 14.6. The number of carbonyl (C=O) groups is 1. The number of hydrogen-bond donors (Lipinski definition) is 2. The SMILES string of the molecule is CC(C)(C)NS(=O)(=O)c1cccc(NC(=O)c2ccccc2COc2ccccc2)c1. The van der Waals surface area contributed by atoms with E-state index in [1.165, 1.54) is 12.1 Å². The van der Waals surface area contributed by atoms with Crippen LogP contribution in [0.25, 0.3) is 0 Å². The number of amides is 1. The van der Waals surface area contributed by atoms with Crippen molar-refractivity contribution in [1.29, 1.82) is 0 Å². The van der Waals surface area contributed by atoms with Crippen LogP contribution in [0.4, 0.5) is 5.69 Å². The molecule has 0 radical (unpaired) electrons. The smallest absolute Gasteiger partial charge is 0.256 e. The fraction of sp³-hybridized carbons (Fsp3) is 0.208. The molecule has 1 amide bonds. The Balaban J connectivity index is 1.77. The van der Waals surface area contributed by atoms with Gasteiger partial charge in [-0.15, -0.1) is 0 Å². The molecule has 0 unspecified atom stereocenters. The van der Waals surface area contributed by atoms with Gasteiger partial charge in [-0.05, 0) is 57.2 Å². The van der Waals surface area contributed by atoms with Crippen LogP contribution in [0.15, 0.2) is 83.8 Å². The molecule has 0 heterocycles. The van der Waals surface area contributed by atoms with E-state index in [1.807, 2.05) is 42.5 Å². The van der Waals surface area contributed by atoms with Crippen LogP contribution >= 0.6 is 0 Å². The lowest BCUT2D eigenvalue weighted by atomic mass is 10.1. The Morgan fingerprint density at radius 2 is 1.58 bits per heavy atom. The second kappa shape index (κ2) is 9.32. The molecule has 0 atom stereocenters. The first-order valence-corrected chi connectivity index (χ1v) is 11.3. The minimum atomic E-state index is -3.71. The van der Waals surface area contributed by atoms with Gasteiger partial charge in [-0.25, -0.2) is 13.1 Å². The summed E-state index contributed by atoms with van der Waals surface area (Å²) in [5.74, 6) is 0.368. The summed E-state index contributed by atoms with van der Waals surface area (Å²) in [6.45, 7) is 5.54. The van der Waals surface area contributed by atoms with E-state index in [0.29, 0.717) is 17.0 Å². The molecule has 0 aromatic heterocycles. The van der Waals surface area contributed by atoms with Crippen LogP contribution in [-0.4, -0.2) is 19.9 Å². The molecule has 0 saturated heterocycles. The Kier molecular flexibility index (Phi) is 6.77. The molecule has 0 aliphatic carbocycles. The minimum Gasteiger partial charge on any atom is -0.489 e. The number of benzene rings is 3. The lowest BCUT2D eigenvalue weighted by molar-refractivity contribution is 0.102. The van der Waals surface area contributed by atoms with Crippen LogP contribution in [0, 0.1) is 0 Å². The molecule has 3 aromatic carbocycles. The number of carbonyl (C=O) groups excluding carboxylic acids is 1. The summed E-state index contributed by atoms with van der Waals surface area (Å²) in [7, 11) is -3.71. The van der Waals surface area contributed by atoms with E-state index in [0.717, 1.165) is 5.56 Å². The maximum absolute atomic E-state index is 12.9. The second-order valence-corrected chi connectivity index (χ2v) is 9.78. The van der Waals surface area contributed by atoms with Gasteiger partial charge >= 0.3 is 0 Å². The number of nitrogens with one attached hydrogen (secondary N) is 2. The Morgan fingerprint density at radius 1 is 0.903 bits per heavy atom. The number of para-hydroxylation sites is 1. The van der Waals surface area contributed by atoms with Crippen molar-refractivity contribution < 1.29 is 17.9 Å². The van der Waals surface area contributed by atoms with Crippen molar-refractivity contribution in [2.24, 2.45) is 0 Å².